The molecule has 0 heterocycles. The minimum absolute atomic E-state index is 0. The molecule has 0 bridgehead atoms. The molecule has 0 aliphatic heterocycles. The lowest BCUT2D eigenvalue weighted by molar-refractivity contribution is -0.144. The Hall–Kier alpha value is -2.00. The lowest BCUT2D eigenvalue weighted by atomic mass is 10.4. The van der Waals surface area contributed by atoms with Crippen LogP contribution in [0.25, 0.3) is 0 Å². The van der Waals surface area contributed by atoms with Gasteiger partial charge < -0.3 is 26.8 Å². The maximum Gasteiger partial charge on any atom is 0.374 e. The molecule has 3 aromatic carbocycles. The van der Waals surface area contributed by atoms with Gasteiger partial charge in [0.1, 0.15) is 15.9 Å². The molecule has 3 nitrogen and oxygen atoms in total. The van der Waals surface area contributed by atoms with Crippen molar-refractivity contribution in [2.45, 2.75) is 12.8 Å². The van der Waals surface area contributed by atoms with Crippen LogP contribution in [-0.4, -0.2) is 23.5 Å². The number of aliphatic carboxylic acids is 1. The van der Waals surface area contributed by atoms with Crippen LogP contribution < -0.4 is 32.9 Å². The second-order valence-corrected chi connectivity index (χ2v) is 9.34. The van der Waals surface area contributed by atoms with Crippen molar-refractivity contribution in [3.05, 3.63) is 91.0 Å². The number of ether oxygens (including phenoxy) is 1. The Morgan fingerprint density at radius 1 is 0.815 bits per heavy atom. The maximum atomic E-state index is 12.4. The van der Waals surface area contributed by atoms with Crippen molar-refractivity contribution < 1.29 is 31.6 Å². The van der Waals surface area contributed by atoms with Crippen LogP contribution in [0.5, 0.6) is 0 Å². The van der Waals surface area contributed by atoms with Crippen molar-refractivity contribution in [3.8, 4) is 0 Å². The molecule has 0 saturated heterocycles. The van der Waals surface area contributed by atoms with Gasteiger partial charge in [-0.25, -0.2) is 4.79 Å². The Bertz CT molecular complexity index is 745. The van der Waals surface area contributed by atoms with Crippen molar-refractivity contribution in [2.75, 3.05) is 6.61 Å². The Labute approximate surface area is 171 Å². The molecule has 1 N–H and O–H groups in total. The number of halogens is 1. The average molecular weight is 445 g/mol. The van der Waals surface area contributed by atoms with Crippen molar-refractivity contribution >= 4 is 29.1 Å². The zero-order valence-electron chi connectivity index (χ0n) is 15.0. The van der Waals surface area contributed by atoms with E-state index in [-0.39, 0.29) is 17.0 Å². The van der Waals surface area contributed by atoms with Gasteiger partial charge in [0.15, 0.2) is 7.26 Å². The first kappa shape index (κ1) is 21.3. The Kier molecular flexibility index (Phi) is 7.73. The monoisotopic (exact) mass is 444 g/mol. The highest BCUT2D eigenvalue weighted by molar-refractivity contribution is 7.96. The molecule has 0 fully saturated rings. The molecular weight excluding hydrogens is 423 g/mol. The molecule has 0 amide bonds. The molecule has 3 rings (SSSR count). The largest absolute Gasteiger partial charge is 1.00 e. The third kappa shape index (κ3) is 4.14. The summed E-state index contributed by atoms with van der Waals surface area (Å²) in [4.78, 5) is 12.4. The van der Waals surface area contributed by atoms with Crippen molar-refractivity contribution in [3.63, 3.8) is 0 Å². The van der Waals surface area contributed by atoms with Crippen LogP contribution >= 0.6 is 7.26 Å². The highest BCUT2D eigenvalue weighted by Gasteiger charge is 2.57. The summed E-state index contributed by atoms with van der Waals surface area (Å²) in [5.41, 5.74) is 0. The fraction of sp³-hybridized carbons (Fsp3) is 0.136. The number of benzene rings is 3. The minimum Gasteiger partial charge on any atom is -1.00 e. The van der Waals surface area contributed by atoms with Crippen LogP contribution in [-0.2, 0) is 9.53 Å². The highest BCUT2D eigenvalue weighted by atomic mass is 79.9. The summed E-state index contributed by atoms with van der Waals surface area (Å²) in [7, 11) is -2.56. The van der Waals surface area contributed by atoms with Gasteiger partial charge in [-0.2, -0.15) is 0 Å². The van der Waals surface area contributed by atoms with Crippen molar-refractivity contribution in [1.29, 1.82) is 0 Å². The van der Waals surface area contributed by atoms with Gasteiger partial charge in [-0.1, -0.05) is 54.6 Å². The van der Waals surface area contributed by atoms with Gasteiger partial charge in [-0.3, -0.25) is 0 Å². The zero-order chi connectivity index (χ0) is 18.4. The smallest absolute Gasteiger partial charge is 0.374 e. The zero-order valence-corrected chi connectivity index (χ0v) is 17.5. The molecule has 0 saturated carbocycles. The second-order valence-electron chi connectivity index (χ2n) is 5.88. The molecule has 1 atom stereocenters. The first-order valence-corrected chi connectivity index (χ1v) is 10.5. The summed E-state index contributed by atoms with van der Waals surface area (Å²) < 4.78 is 5.88. The highest BCUT2D eigenvalue weighted by Crippen LogP contribution is 2.60. The minimum atomic E-state index is -2.56. The SMILES string of the molecule is CCOC(C(=O)O)[P+](c1ccccc1)(c1ccccc1)c1ccccc1.[Br-]. The van der Waals surface area contributed by atoms with Gasteiger partial charge >= 0.3 is 5.97 Å². The van der Waals surface area contributed by atoms with E-state index < -0.39 is 19.1 Å². The maximum absolute atomic E-state index is 12.4. The molecule has 1 unspecified atom stereocenters. The third-order valence-electron chi connectivity index (χ3n) is 4.38. The number of hydrogen-bond acceptors (Lipinski definition) is 2. The molecule has 27 heavy (non-hydrogen) atoms. The molecule has 5 heteroatoms. The van der Waals surface area contributed by atoms with E-state index >= 15 is 0 Å². The quantitative estimate of drug-likeness (QED) is 0.537. The molecule has 0 radical (unpaired) electrons. The van der Waals surface area contributed by atoms with Gasteiger partial charge in [0.25, 0.3) is 5.85 Å². The lowest BCUT2D eigenvalue weighted by Crippen LogP contribution is -3.00. The van der Waals surface area contributed by atoms with E-state index in [0.717, 1.165) is 15.9 Å². The first-order valence-electron chi connectivity index (χ1n) is 8.61. The summed E-state index contributed by atoms with van der Waals surface area (Å²) in [5, 5.41) is 13.1. The molecule has 0 aliphatic carbocycles. The molecule has 3 aromatic rings. The van der Waals surface area contributed by atoms with Crippen LogP contribution in [0.4, 0.5) is 0 Å². The number of carbonyl (C=O) groups is 1. The van der Waals surface area contributed by atoms with E-state index in [9.17, 15) is 9.90 Å². The molecule has 0 aromatic heterocycles. The van der Waals surface area contributed by atoms with Gasteiger partial charge in [-0.15, -0.1) is 0 Å². The van der Waals surface area contributed by atoms with Gasteiger partial charge in [-0.05, 0) is 43.3 Å². The Morgan fingerprint density at radius 3 is 1.41 bits per heavy atom. The van der Waals surface area contributed by atoms with E-state index in [0.29, 0.717) is 6.61 Å². The third-order valence-corrected chi connectivity index (χ3v) is 8.79. The Morgan fingerprint density at radius 2 is 1.15 bits per heavy atom. The summed E-state index contributed by atoms with van der Waals surface area (Å²) in [6, 6.07) is 29.7. The molecule has 0 aliphatic rings. The summed E-state index contributed by atoms with van der Waals surface area (Å²) in [6.45, 7) is 2.18. The van der Waals surface area contributed by atoms with E-state index in [4.69, 9.17) is 4.74 Å². The number of carboxylic acid groups (broad SMARTS) is 1. The normalized spacial score (nSPS) is 12.0. The summed E-state index contributed by atoms with van der Waals surface area (Å²) in [5.74, 6) is -1.88. The lowest BCUT2D eigenvalue weighted by Gasteiger charge is -2.31. The van der Waals surface area contributed by atoms with Crippen molar-refractivity contribution in [2.24, 2.45) is 0 Å². The van der Waals surface area contributed by atoms with Gasteiger partial charge in [0.05, 0.1) is 0 Å². The Balaban J connectivity index is 0.00000261. The first-order chi connectivity index (χ1) is 12.7. The average Bonchev–Trinajstić information content (AvgIpc) is 2.70. The standard InChI is InChI=1S/C22H21O3P.BrH/c1-2-25-22(21(23)24)26(18-12-6-3-7-13-18,19-14-8-4-9-15-19)20-16-10-5-11-17-20;/h3-17,22H,2H2,1H3;1H. The van der Waals surface area contributed by atoms with E-state index in [2.05, 4.69) is 0 Å². The molecule has 0 spiro atoms. The van der Waals surface area contributed by atoms with Crippen LogP contribution in [0.1, 0.15) is 6.92 Å². The number of rotatable bonds is 7. The molecule has 140 valence electrons. The predicted octanol–water partition coefficient (Wildman–Crippen LogP) is 0.432. The van der Waals surface area contributed by atoms with Crippen LogP contribution in [0, 0.1) is 0 Å². The van der Waals surface area contributed by atoms with Gasteiger partial charge in [0.2, 0.25) is 0 Å². The number of carboxylic acids is 1. The predicted molar refractivity (Wildman–Crippen MR) is 108 cm³/mol. The van der Waals surface area contributed by atoms with Crippen molar-refractivity contribution in [1.82, 2.24) is 0 Å². The number of hydrogen-bond donors (Lipinski definition) is 1. The van der Waals surface area contributed by atoms with Gasteiger partial charge in [0, 0.05) is 6.61 Å². The summed E-state index contributed by atoms with van der Waals surface area (Å²) >= 11 is 0. The second kappa shape index (κ2) is 9.80. The van der Waals surface area contributed by atoms with Crippen LogP contribution in [0.2, 0.25) is 0 Å². The fourth-order valence-corrected chi connectivity index (χ4v) is 7.69. The van der Waals surface area contributed by atoms with E-state index in [1.165, 1.54) is 0 Å². The van der Waals surface area contributed by atoms with Crippen LogP contribution in [0.15, 0.2) is 91.0 Å². The molecular formula is C22H22BrO3P. The fourth-order valence-electron chi connectivity index (χ4n) is 3.35. The topological polar surface area (TPSA) is 46.5 Å². The van der Waals surface area contributed by atoms with Crippen LogP contribution in [0.3, 0.4) is 0 Å². The van der Waals surface area contributed by atoms with E-state index in [1.807, 2.05) is 97.9 Å². The van der Waals surface area contributed by atoms with E-state index in [1.54, 1.807) is 0 Å². The summed E-state index contributed by atoms with van der Waals surface area (Å²) in [6.07, 6.45) is 0.